The maximum absolute atomic E-state index is 11.8. The number of carbonyl (C=O) groups is 1. The summed E-state index contributed by atoms with van der Waals surface area (Å²) in [4.78, 5) is 11.8. The summed E-state index contributed by atoms with van der Waals surface area (Å²) in [7, 11) is 0. The molecule has 2 heteroatoms. The first-order chi connectivity index (χ1) is 8.63. The average Bonchev–Trinajstić information content (AvgIpc) is 2.37. The van der Waals surface area contributed by atoms with Crippen LogP contribution in [-0.4, -0.2) is 12.5 Å². The molecule has 0 unspecified atom stereocenters. The van der Waals surface area contributed by atoms with Gasteiger partial charge < -0.3 is 5.32 Å². The van der Waals surface area contributed by atoms with Gasteiger partial charge in [-0.2, -0.15) is 0 Å². The van der Waals surface area contributed by atoms with E-state index >= 15 is 0 Å². The first-order valence-electron chi connectivity index (χ1n) is 6.68. The summed E-state index contributed by atoms with van der Waals surface area (Å²) in [5, 5.41) is 2.91. The van der Waals surface area contributed by atoms with E-state index < -0.39 is 0 Å². The van der Waals surface area contributed by atoms with Gasteiger partial charge in [-0.25, -0.2) is 0 Å². The van der Waals surface area contributed by atoms with Gasteiger partial charge in [0.2, 0.25) is 0 Å². The van der Waals surface area contributed by atoms with E-state index in [0.717, 1.165) is 30.5 Å². The molecule has 2 nitrogen and oxygen atoms in total. The fourth-order valence-corrected chi connectivity index (χ4v) is 1.53. The molecule has 0 radical (unpaired) electrons. The molecule has 18 heavy (non-hydrogen) atoms. The standard InChI is InChI=1S/C16H23NO/c1-4-5-6-7-14-8-10-15(11-9-14)16(18)17-12-13(2)3/h6-11,13H,4-5,12H2,1-3H3,(H,17,18). The van der Waals surface area contributed by atoms with Crippen molar-refractivity contribution in [1.82, 2.24) is 5.32 Å². The lowest BCUT2D eigenvalue weighted by Gasteiger charge is -2.07. The van der Waals surface area contributed by atoms with E-state index in [-0.39, 0.29) is 5.91 Å². The molecule has 0 atom stereocenters. The van der Waals surface area contributed by atoms with Crippen LogP contribution in [0.4, 0.5) is 0 Å². The van der Waals surface area contributed by atoms with Crippen molar-refractivity contribution in [2.45, 2.75) is 33.6 Å². The predicted molar refractivity (Wildman–Crippen MR) is 77.6 cm³/mol. The van der Waals surface area contributed by atoms with Gasteiger partial charge in [0.15, 0.2) is 0 Å². The molecule has 0 aliphatic rings. The minimum atomic E-state index is 0.00721. The number of hydrogen-bond acceptors (Lipinski definition) is 1. The zero-order valence-electron chi connectivity index (χ0n) is 11.6. The van der Waals surface area contributed by atoms with Crippen molar-refractivity contribution in [1.29, 1.82) is 0 Å². The van der Waals surface area contributed by atoms with Crippen LogP contribution in [0.2, 0.25) is 0 Å². The van der Waals surface area contributed by atoms with Gasteiger partial charge in [0.05, 0.1) is 0 Å². The van der Waals surface area contributed by atoms with Crippen LogP contribution in [-0.2, 0) is 0 Å². The lowest BCUT2D eigenvalue weighted by Crippen LogP contribution is -2.27. The molecule has 0 fully saturated rings. The molecule has 1 N–H and O–H groups in total. The number of carbonyl (C=O) groups excluding carboxylic acids is 1. The first kappa shape index (κ1) is 14.5. The smallest absolute Gasteiger partial charge is 0.251 e. The normalized spacial score (nSPS) is 11.1. The highest BCUT2D eigenvalue weighted by molar-refractivity contribution is 5.94. The van der Waals surface area contributed by atoms with Crippen molar-refractivity contribution < 1.29 is 4.79 Å². The lowest BCUT2D eigenvalue weighted by molar-refractivity contribution is 0.0949. The molecular formula is C16H23NO. The average molecular weight is 245 g/mol. The van der Waals surface area contributed by atoms with Gasteiger partial charge in [-0.05, 0) is 30.0 Å². The number of unbranched alkanes of at least 4 members (excludes halogenated alkanes) is 1. The Bertz CT molecular complexity index is 390. The maximum atomic E-state index is 11.8. The molecule has 1 rings (SSSR count). The number of hydrogen-bond donors (Lipinski definition) is 1. The van der Waals surface area contributed by atoms with E-state index in [0.29, 0.717) is 5.92 Å². The number of benzene rings is 1. The molecular weight excluding hydrogens is 222 g/mol. The highest BCUT2D eigenvalue weighted by Crippen LogP contribution is 2.07. The third-order valence-corrected chi connectivity index (χ3v) is 2.61. The van der Waals surface area contributed by atoms with Crippen molar-refractivity contribution >= 4 is 12.0 Å². The summed E-state index contributed by atoms with van der Waals surface area (Å²) in [6.45, 7) is 7.05. The molecule has 0 heterocycles. The van der Waals surface area contributed by atoms with E-state index in [4.69, 9.17) is 0 Å². The third kappa shape index (κ3) is 5.17. The van der Waals surface area contributed by atoms with Gasteiger partial charge in [0, 0.05) is 12.1 Å². The van der Waals surface area contributed by atoms with Crippen LogP contribution in [0.5, 0.6) is 0 Å². The SMILES string of the molecule is CCCC=Cc1ccc(C(=O)NCC(C)C)cc1. The summed E-state index contributed by atoms with van der Waals surface area (Å²) in [6, 6.07) is 7.72. The molecule has 0 bridgehead atoms. The number of nitrogens with one attached hydrogen (secondary N) is 1. The van der Waals surface area contributed by atoms with Crippen LogP contribution in [0.15, 0.2) is 30.3 Å². The van der Waals surface area contributed by atoms with Gasteiger partial charge in [-0.1, -0.05) is 51.5 Å². The molecule has 0 aliphatic carbocycles. The number of amides is 1. The Morgan fingerprint density at radius 2 is 1.94 bits per heavy atom. The van der Waals surface area contributed by atoms with Gasteiger partial charge in [-0.3, -0.25) is 4.79 Å². The first-order valence-corrected chi connectivity index (χ1v) is 6.68. The highest BCUT2D eigenvalue weighted by Gasteiger charge is 2.04. The van der Waals surface area contributed by atoms with Crippen molar-refractivity contribution in [3.05, 3.63) is 41.5 Å². The van der Waals surface area contributed by atoms with Crippen molar-refractivity contribution in [2.75, 3.05) is 6.54 Å². The number of allylic oxidation sites excluding steroid dienone is 1. The maximum Gasteiger partial charge on any atom is 0.251 e. The van der Waals surface area contributed by atoms with E-state index in [1.807, 2.05) is 24.3 Å². The van der Waals surface area contributed by atoms with Crippen LogP contribution >= 0.6 is 0 Å². The van der Waals surface area contributed by atoms with Crippen LogP contribution in [0, 0.1) is 5.92 Å². The second-order valence-corrected chi connectivity index (χ2v) is 4.92. The Labute approximate surface area is 110 Å². The molecule has 0 aliphatic heterocycles. The van der Waals surface area contributed by atoms with Gasteiger partial charge in [-0.15, -0.1) is 0 Å². The van der Waals surface area contributed by atoms with E-state index in [1.165, 1.54) is 0 Å². The summed E-state index contributed by atoms with van der Waals surface area (Å²) in [5.74, 6) is 0.484. The molecule has 0 aromatic heterocycles. The predicted octanol–water partition coefficient (Wildman–Crippen LogP) is 3.89. The fraction of sp³-hybridized carbons (Fsp3) is 0.438. The Morgan fingerprint density at radius 1 is 1.28 bits per heavy atom. The topological polar surface area (TPSA) is 29.1 Å². The quantitative estimate of drug-likeness (QED) is 0.809. The van der Waals surface area contributed by atoms with Crippen LogP contribution in [0.3, 0.4) is 0 Å². The van der Waals surface area contributed by atoms with E-state index in [2.05, 4.69) is 38.2 Å². The molecule has 98 valence electrons. The molecule has 1 amide bonds. The number of rotatable bonds is 6. The highest BCUT2D eigenvalue weighted by atomic mass is 16.1. The summed E-state index contributed by atoms with van der Waals surface area (Å²) in [5.41, 5.74) is 1.87. The van der Waals surface area contributed by atoms with Crippen LogP contribution < -0.4 is 5.32 Å². The van der Waals surface area contributed by atoms with Crippen molar-refractivity contribution in [3.8, 4) is 0 Å². The lowest BCUT2D eigenvalue weighted by atomic mass is 10.1. The largest absolute Gasteiger partial charge is 0.352 e. The molecule has 0 saturated carbocycles. The monoisotopic (exact) mass is 245 g/mol. The summed E-state index contributed by atoms with van der Waals surface area (Å²) >= 11 is 0. The zero-order valence-corrected chi connectivity index (χ0v) is 11.6. The van der Waals surface area contributed by atoms with Gasteiger partial charge >= 0.3 is 0 Å². The van der Waals surface area contributed by atoms with Crippen molar-refractivity contribution in [2.24, 2.45) is 5.92 Å². The fourth-order valence-electron chi connectivity index (χ4n) is 1.53. The Kier molecular flexibility index (Phi) is 6.20. The molecule has 0 saturated heterocycles. The van der Waals surface area contributed by atoms with Crippen LogP contribution in [0.1, 0.15) is 49.5 Å². The second kappa shape index (κ2) is 7.70. The minimum absolute atomic E-state index is 0.00721. The molecule has 1 aromatic rings. The van der Waals surface area contributed by atoms with Gasteiger partial charge in [0.1, 0.15) is 0 Å². The minimum Gasteiger partial charge on any atom is -0.352 e. The van der Waals surface area contributed by atoms with Crippen molar-refractivity contribution in [3.63, 3.8) is 0 Å². The van der Waals surface area contributed by atoms with Crippen LogP contribution in [0.25, 0.3) is 6.08 Å². The Balaban J connectivity index is 2.56. The Morgan fingerprint density at radius 3 is 2.50 bits per heavy atom. The Hall–Kier alpha value is -1.57. The van der Waals surface area contributed by atoms with E-state index in [9.17, 15) is 4.79 Å². The second-order valence-electron chi connectivity index (χ2n) is 4.92. The summed E-state index contributed by atoms with van der Waals surface area (Å²) in [6.07, 6.45) is 6.51. The zero-order chi connectivity index (χ0) is 13.4. The molecule has 1 aromatic carbocycles. The van der Waals surface area contributed by atoms with E-state index in [1.54, 1.807) is 0 Å². The third-order valence-electron chi connectivity index (χ3n) is 2.61. The molecule has 0 spiro atoms. The van der Waals surface area contributed by atoms with Gasteiger partial charge in [0.25, 0.3) is 5.91 Å². The summed E-state index contributed by atoms with van der Waals surface area (Å²) < 4.78 is 0.